The Morgan fingerprint density at radius 3 is 2.52 bits per heavy atom. The van der Waals surface area contributed by atoms with Crippen molar-refractivity contribution in [1.29, 1.82) is 0 Å². The van der Waals surface area contributed by atoms with Crippen molar-refractivity contribution < 1.29 is 18.7 Å². The molecule has 3 aromatic rings. The number of carbonyl (C=O) groups is 1. The molecule has 0 aliphatic carbocycles. The quantitative estimate of drug-likeness (QED) is 0.539. The van der Waals surface area contributed by atoms with E-state index in [1.807, 2.05) is 0 Å². The number of benzene rings is 2. The number of fused-ring (bicyclic) bond motifs is 1. The number of carbonyl (C=O) groups excluding carboxylic acids is 1. The number of anilines is 1. The fraction of sp³-hybridized carbons (Fsp3) is 0.100. The van der Waals surface area contributed by atoms with Crippen LogP contribution in [-0.4, -0.2) is 24.2 Å². The third kappa shape index (κ3) is 4.48. The Bertz CT molecular complexity index is 1100. The zero-order valence-electron chi connectivity index (χ0n) is 14.8. The van der Waals surface area contributed by atoms with Gasteiger partial charge in [0.25, 0.3) is 5.91 Å². The lowest BCUT2D eigenvalue weighted by Crippen LogP contribution is -2.33. The summed E-state index contributed by atoms with van der Waals surface area (Å²) in [6.45, 7) is 0.999. The van der Waals surface area contributed by atoms with Gasteiger partial charge in [-0.25, -0.2) is 0 Å². The molecule has 0 saturated carbocycles. The van der Waals surface area contributed by atoms with Crippen LogP contribution in [0.2, 0.25) is 10.0 Å². The smallest absolute Gasteiger partial charge is 0.293 e. The van der Waals surface area contributed by atoms with Crippen LogP contribution in [-0.2, 0) is 0 Å². The molecule has 0 spiro atoms. The normalized spacial score (nSPS) is 12.3. The fourth-order valence-electron chi connectivity index (χ4n) is 2.71. The van der Waals surface area contributed by atoms with Crippen LogP contribution in [0.5, 0.6) is 11.5 Å². The van der Waals surface area contributed by atoms with Crippen molar-refractivity contribution in [2.24, 2.45) is 0 Å². The summed E-state index contributed by atoms with van der Waals surface area (Å²) in [7, 11) is 0. The molecule has 9 heteroatoms. The molecule has 148 valence electrons. The van der Waals surface area contributed by atoms with Crippen molar-refractivity contribution >= 4 is 52.1 Å². The monoisotopic (exact) mass is 448 g/mol. The molecule has 0 saturated heterocycles. The van der Waals surface area contributed by atoms with E-state index >= 15 is 0 Å². The third-order valence-corrected chi connectivity index (χ3v) is 5.00. The van der Waals surface area contributed by atoms with E-state index in [0.717, 1.165) is 0 Å². The van der Waals surface area contributed by atoms with Crippen LogP contribution in [0, 0.1) is 0 Å². The molecule has 2 heterocycles. The molecule has 1 amide bonds. The van der Waals surface area contributed by atoms with Gasteiger partial charge in [0.2, 0.25) is 0 Å². The summed E-state index contributed by atoms with van der Waals surface area (Å²) in [5, 5.41) is 6.48. The van der Waals surface area contributed by atoms with Gasteiger partial charge in [0.15, 0.2) is 22.4 Å². The average Bonchev–Trinajstić information content (AvgIpc) is 3.20. The van der Waals surface area contributed by atoms with E-state index in [0.29, 0.717) is 51.8 Å². The molecule has 1 aliphatic rings. The summed E-state index contributed by atoms with van der Waals surface area (Å²) < 4.78 is 16.6. The maximum Gasteiger partial charge on any atom is 0.293 e. The molecular weight excluding hydrogens is 435 g/mol. The van der Waals surface area contributed by atoms with Crippen LogP contribution in [0.1, 0.15) is 10.6 Å². The Hall–Kier alpha value is -2.74. The molecule has 0 unspecified atom stereocenters. The molecular formula is C20H14Cl2N2O4S. The van der Waals surface area contributed by atoms with Crippen molar-refractivity contribution in [2.75, 3.05) is 18.5 Å². The standard InChI is InChI=1S/C20H14Cl2N2O4S/c21-13-3-1-11(9-14(13)22)15-5-6-17(28-15)19(25)24-20(29)23-12-2-4-16-18(10-12)27-8-7-26-16/h1-6,9-10H,7-8H2,(H2,23,24,25,29). The minimum absolute atomic E-state index is 0.109. The summed E-state index contributed by atoms with van der Waals surface area (Å²) in [4.78, 5) is 12.4. The Morgan fingerprint density at radius 2 is 1.72 bits per heavy atom. The lowest BCUT2D eigenvalue weighted by molar-refractivity contribution is 0.0951. The maximum atomic E-state index is 12.4. The number of hydrogen-bond donors (Lipinski definition) is 2. The van der Waals surface area contributed by atoms with E-state index < -0.39 is 5.91 Å². The summed E-state index contributed by atoms with van der Waals surface area (Å²) in [6, 6.07) is 13.6. The fourth-order valence-corrected chi connectivity index (χ4v) is 3.22. The number of rotatable bonds is 3. The van der Waals surface area contributed by atoms with Crippen LogP contribution < -0.4 is 20.1 Å². The molecule has 4 rings (SSSR count). The van der Waals surface area contributed by atoms with Crippen molar-refractivity contribution in [3.05, 3.63) is 64.3 Å². The zero-order chi connectivity index (χ0) is 20.4. The first-order chi connectivity index (χ1) is 14.0. The molecule has 0 bridgehead atoms. The molecule has 1 aliphatic heterocycles. The minimum Gasteiger partial charge on any atom is -0.486 e. The molecule has 6 nitrogen and oxygen atoms in total. The number of ether oxygens (including phenoxy) is 2. The van der Waals surface area contributed by atoms with Crippen LogP contribution >= 0.6 is 35.4 Å². The number of furan rings is 1. The van der Waals surface area contributed by atoms with Crippen molar-refractivity contribution in [3.8, 4) is 22.8 Å². The first kappa shape index (κ1) is 19.6. The van der Waals surface area contributed by atoms with E-state index in [1.54, 1.807) is 48.5 Å². The second kappa shape index (κ2) is 8.32. The second-order valence-electron chi connectivity index (χ2n) is 6.06. The SMILES string of the molecule is O=C(NC(=S)Nc1ccc2c(c1)OCCO2)c1ccc(-c2ccc(Cl)c(Cl)c2)o1. The number of hydrogen-bond acceptors (Lipinski definition) is 5. The van der Waals surface area contributed by atoms with Gasteiger partial charge in [-0.2, -0.15) is 0 Å². The van der Waals surface area contributed by atoms with Gasteiger partial charge < -0.3 is 19.2 Å². The van der Waals surface area contributed by atoms with E-state index in [9.17, 15) is 4.79 Å². The second-order valence-corrected chi connectivity index (χ2v) is 7.28. The highest BCUT2D eigenvalue weighted by Gasteiger charge is 2.16. The Morgan fingerprint density at radius 1 is 0.931 bits per heavy atom. The molecule has 2 N–H and O–H groups in total. The third-order valence-electron chi connectivity index (χ3n) is 4.06. The van der Waals surface area contributed by atoms with Gasteiger partial charge in [0, 0.05) is 17.3 Å². The number of thiocarbonyl (C=S) groups is 1. The molecule has 0 radical (unpaired) electrons. The molecule has 2 aromatic carbocycles. The van der Waals surface area contributed by atoms with Gasteiger partial charge in [-0.1, -0.05) is 23.2 Å². The van der Waals surface area contributed by atoms with E-state index in [4.69, 9.17) is 49.3 Å². The summed E-state index contributed by atoms with van der Waals surface area (Å²) in [5.74, 6) is 1.40. The first-order valence-corrected chi connectivity index (χ1v) is 9.73. The van der Waals surface area contributed by atoms with Crippen LogP contribution in [0.25, 0.3) is 11.3 Å². The lowest BCUT2D eigenvalue weighted by Gasteiger charge is -2.19. The van der Waals surface area contributed by atoms with Crippen molar-refractivity contribution in [3.63, 3.8) is 0 Å². The Kier molecular flexibility index (Phi) is 5.62. The average molecular weight is 449 g/mol. The van der Waals surface area contributed by atoms with E-state index in [-0.39, 0.29) is 10.9 Å². The van der Waals surface area contributed by atoms with Crippen molar-refractivity contribution in [2.45, 2.75) is 0 Å². The number of nitrogens with one attached hydrogen (secondary N) is 2. The van der Waals surface area contributed by atoms with Gasteiger partial charge in [-0.3, -0.25) is 10.1 Å². The molecule has 0 atom stereocenters. The van der Waals surface area contributed by atoms with E-state index in [2.05, 4.69) is 10.6 Å². The number of halogens is 2. The largest absolute Gasteiger partial charge is 0.486 e. The summed E-state index contributed by atoms with van der Waals surface area (Å²) in [5.41, 5.74) is 1.37. The first-order valence-electron chi connectivity index (χ1n) is 8.57. The molecule has 29 heavy (non-hydrogen) atoms. The highest BCUT2D eigenvalue weighted by atomic mass is 35.5. The van der Waals surface area contributed by atoms with Gasteiger partial charge in [-0.05, 0) is 54.7 Å². The van der Waals surface area contributed by atoms with Gasteiger partial charge >= 0.3 is 0 Å². The van der Waals surface area contributed by atoms with Crippen molar-refractivity contribution in [1.82, 2.24) is 5.32 Å². The highest BCUT2D eigenvalue weighted by Crippen LogP contribution is 2.32. The van der Waals surface area contributed by atoms with Gasteiger partial charge in [-0.15, -0.1) is 0 Å². The predicted molar refractivity (Wildman–Crippen MR) is 115 cm³/mol. The van der Waals surface area contributed by atoms with Crippen LogP contribution in [0.4, 0.5) is 5.69 Å². The Labute approximate surface area is 181 Å². The van der Waals surface area contributed by atoms with E-state index in [1.165, 1.54) is 0 Å². The van der Waals surface area contributed by atoms with Gasteiger partial charge in [0.1, 0.15) is 19.0 Å². The number of amides is 1. The maximum absolute atomic E-state index is 12.4. The molecule has 1 aromatic heterocycles. The van der Waals surface area contributed by atoms with Gasteiger partial charge in [0.05, 0.1) is 10.0 Å². The topological polar surface area (TPSA) is 72.7 Å². The zero-order valence-corrected chi connectivity index (χ0v) is 17.2. The summed E-state index contributed by atoms with van der Waals surface area (Å²) in [6.07, 6.45) is 0. The van der Waals surface area contributed by atoms with Crippen LogP contribution in [0.3, 0.4) is 0 Å². The summed E-state index contributed by atoms with van der Waals surface area (Å²) >= 11 is 17.2. The Balaban J connectivity index is 1.41. The predicted octanol–water partition coefficient (Wildman–Crippen LogP) is 5.15. The highest BCUT2D eigenvalue weighted by molar-refractivity contribution is 7.80. The van der Waals surface area contributed by atoms with Crippen LogP contribution in [0.15, 0.2) is 52.9 Å². The minimum atomic E-state index is -0.480. The lowest BCUT2D eigenvalue weighted by atomic mass is 10.2. The molecule has 0 fully saturated rings.